The molecule has 0 heterocycles. The molecule has 0 aliphatic carbocycles. The Balaban J connectivity index is 0.000000921. The van der Waals surface area contributed by atoms with Crippen molar-refractivity contribution in [3.8, 4) is 0 Å². The molecule has 0 spiro atoms. The Morgan fingerprint density at radius 1 is 1.53 bits per heavy atom. The van der Waals surface area contributed by atoms with Gasteiger partial charge in [-0.2, -0.15) is 0 Å². The lowest BCUT2D eigenvalue weighted by atomic mass is 10.2. The minimum absolute atomic E-state index is 0.0979. The summed E-state index contributed by atoms with van der Waals surface area (Å²) in [4.78, 5) is 9.77. The van der Waals surface area contributed by atoms with Crippen molar-refractivity contribution in [3.05, 3.63) is 39.9 Å². The molecule has 1 aromatic rings. The lowest BCUT2D eigenvalue weighted by Gasteiger charge is -1.95. The van der Waals surface area contributed by atoms with Crippen LogP contribution in [0.1, 0.15) is 19.4 Å². The molecule has 6 heteroatoms. The zero-order valence-electron chi connectivity index (χ0n) is 8.35. The first-order chi connectivity index (χ1) is 7.15. The number of halogens is 1. The van der Waals surface area contributed by atoms with Gasteiger partial charge < -0.3 is 5.21 Å². The molecule has 82 valence electrons. The van der Waals surface area contributed by atoms with Crippen LogP contribution in [-0.4, -0.2) is 15.3 Å². The van der Waals surface area contributed by atoms with Crippen LogP contribution in [0.3, 0.4) is 0 Å². The van der Waals surface area contributed by atoms with Crippen LogP contribution in [-0.2, 0) is 0 Å². The van der Waals surface area contributed by atoms with Gasteiger partial charge in [-0.1, -0.05) is 42.7 Å². The highest BCUT2D eigenvalue weighted by Crippen LogP contribution is 2.14. The van der Waals surface area contributed by atoms with E-state index in [9.17, 15) is 10.1 Å². The molecule has 0 saturated heterocycles. The lowest BCUT2D eigenvalue weighted by Crippen LogP contribution is -1.93. The Morgan fingerprint density at radius 2 is 2.13 bits per heavy atom. The second kappa shape index (κ2) is 6.78. The molecule has 0 fully saturated rings. The predicted molar refractivity (Wildman–Crippen MR) is 58.6 cm³/mol. The van der Waals surface area contributed by atoms with Gasteiger partial charge in [-0.15, -0.1) is 0 Å². The summed E-state index contributed by atoms with van der Waals surface area (Å²) in [6.45, 7) is 4.00. The van der Waals surface area contributed by atoms with Crippen molar-refractivity contribution in [1.82, 2.24) is 0 Å². The van der Waals surface area contributed by atoms with Gasteiger partial charge in [0.2, 0.25) is 0 Å². The van der Waals surface area contributed by atoms with E-state index in [-0.39, 0.29) is 10.9 Å². The van der Waals surface area contributed by atoms with Gasteiger partial charge >= 0.3 is 0 Å². The Morgan fingerprint density at radius 3 is 2.60 bits per heavy atom. The second-order valence-corrected chi connectivity index (χ2v) is 2.56. The summed E-state index contributed by atoms with van der Waals surface area (Å²) < 4.78 is 0. The summed E-state index contributed by atoms with van der Waals surface area (Å²) in [6.07, 6.45) is 0. The van der Waals surface area contributed by atoms with Gasteiger partial charge in [0, 0.05) is 17.7 Å². The van der Waals surface area contributed by atoms with Gasteiger partial charge in [0.25, 0.3) is 5.69 Å². The normalized spacial score (nSPS) is 10.2. The van der Waals surface area contributed by atoms with Crippen molar-refractivity contribution in [3.63, 3.8) is 0 Å². The number of nitrogens with zero attached hydrogens (tertiary/aromatic N) is 2. The summed E-state index contributed by atoms with van der Waals surface area (Å²) in [7, 11) is 0. The fraction of sp³-hybridized carbons (Fsp3) is 0.222. The van der Waals surface area contributed by atoms with Crippen LogP contribution in [0.4, 0.5) is 5.69 Å². The van der Waals surface area contributed by atoms with Crippen molar-refractivity contribution in [2.45, 2.75) is 13.8 Å². The number of nitro benzene ring substituents is 1. The van der Waals surface area contributed by atoms with Gasteiger partial charge in [-0.05, 0) is 0 Å². The molecule has 5 nitrogen and oxygen atoms in total. The van der Waals surface area contributed by atoms with Crippen LogP contribution < -0.4 is 0 Å². The van der Waals surface area contributed by atoms with E-state index < -0.39 is 4.92 Å². The van der Waals surface area contributed by atoms with Crippen molar-refractivity contribution >= 4 is 22.5 Å². The zero-order valence-corrected chi connectivity index (χ0v) is 9.10. The first kappa shape index (κ1) is 13.4. The molecule has 15 heavy (non-hydrogen) atoms. The summed E-state index contributed by atoms with van der Waals surface area (Å²) in [6, 6.07) is 5.52. The summed E-state index contributed by atoms with van der Waals surface area (Å²) in [5.74, 6) is 0. The smallest absolute Gasteiger partial charge is 0.270 e. The van der Waals surface area contributed by atoms with Crippen molar-refractivity contribution in [2.75, 3.05) is 0 Å². The van der Waals surface area contributed by atoms with Gasteiger partial charge in [0.05, 0.1) is 4.92 Å². The molecule has 0 radical (unpaired) electrons. The third kappa shape index (κ3) is 3.95. The molecule has 0 saturated carbocycles. The van der Waals surface area contributed by atoms with E-state index in [1.807, 2.05) is 13.8 Å². The standard InChI is InChI=1S/C7H5ClN2O3.C2H6/c8-7(9-11)5-2-1-3-6(4-5)10(12)13;1-2/h1-4,11H;1-2H3. The average molecular weight is 231 g/mol. The second-order valence-electron chi connectivity index (χ2n) is 2.20. The van der Waals surface area contributed by atoms with Crippen LogP contribution in [0.2, 0.25) is 0 Å². The van der Waals surface area contributed by atoms with E-state index in [0.29, 0.717) is 5.56 Å². The predicted octanol–water partition coefficient (Wildman–Crippen LogP) is 3.00. The highest BCUT2D eigenvalue weighted by Gasteiger charge is 2.08. The molecule has 0 bridgehead atoms. The van der Waals surface area contributed by atoms with Gasteiger partial charge in [-0.25, -0.2) is 0 Å². The molecule has 0 amide bonds. The number of oxime groups is 1. The largest absolute Gasteiger partial charge is 0.410 e. The number of nitro groups is 1. The number of hydrogen-bond acceptors (Lipinski definition) is 4. The average Bonchev–Trinajstić information content (AvgIpc) is 2.30. The van der Waals surface area contributed by atoms with Crippen LogP contribution in [0.25, 0.3) is 0 Å². The number of benzene rings is 1. The van der Waals surface area contributed by atoms with Gasteiger partial charge in [0.15, 0.2) is 5.17 Å². The third-order valence-corrected chi connectivity index (χ3v) is 1.68. The fourth-order valence-electron chi connectivity index (χ4n) is 0.806. The Kier molecular flexibility index (Phi) is 6.05. The minimum Gasteiger partial charge on any atom is -0.410 e. The molecule has 1 aromatic carbocycles. The van der Waals surface area contributed by atoms with E-state index in [4.69, 9.17) is 16.8 Å². The number of non-ortho nitro benzene ring substituents is 1. The monoisotopic (exact) mass is 230 g/mol. The fourth-order valence-corrected chi connectivity index (χ4v) is 0.923. The first-order valence-corrected chi connectivity index (χ1v) is 4.65. The quantitative estimate of drug-likeness (QED) is 0.367. The van der Waals surface area contributed by atoms with E-state index >= 15 is 0 Å². The van der Waals surface area contributed by atoms with Crippen LogP contribution >= 0.6 is 11.6 Å². The highest BCUT2D eigenvalue weighted by molar-refractivity contribution is 6.69. The van der Waals surface area contributed by atoms with Gasteiger partial charge in [0.1, 0.15) is 0 Å². The minimum atomic E-state index is -0.551. The maximum atomic E-state index is 10.3. The molecule has 1 rings (SSSR count). The van der Waals surface area contributed by atoms with Crippen molar-refractivity contribution < 1.29 is 10.1 Å². The molecule has 0 atom stereocenters. The van der Waals surface area contributed by atoms with E-state index in [1.165, 1.54) is 24.3 Å². The molecular formula is C9H11ClN2O3. The molecule has 1 N–H and O–H groups in total. The van der Waals surface area contributed by atoms with Crippen LogP contribution in [0.5, 0.6) is 0 Å². The number of hydrogen-bond donors (Lipinski definition) is 1. The zero-order chi connectivity index (χ0) is 11.8. The first-order valence-electron chi connectivity index (χ1n) is 4.27. The lowest BCUT2D eigenvalue weighted by molar-refractivity contribution is -0.384. The molecule has 0 aliphatic rings. The Bertz CT molecular complexity index is 366. The topological polar surface area (TPSA) is 75.7 Å². The maximum absolute atomic E-state index is 10.3. The molecular weight excluding hydrogens is 220 g/mol. The number of rotatable bonds is 2. The van der Waals surface area contributed by atoms with Crippen molar-refractivity contribution in [1.29, 1.82) is 0 Å². The SMILES string of the molecule is CC.O=[N+]([O-])c1cccc(C(Cl)=NO)c1. The Hall–Kier alpha value is -1.62. The van der Waals surface area contributed by atoms with E-state index in [0.717, 1.165) is 0 Å². The van der Waals surface area contributed by atoms with Crippen molar-refractivity contribution in [2.24, 2.45) is 5.16 Å². The summed E-state index contributed by atoms with van der Waals surface area (Å²) in [5, 5.41) is 21.2. The summed E-state index contributed by atoms with van der Waals surface area (Å²) in [5.41, 5.74) is 0.206. The highest BCUT2D eigenvalue weighted by atomic mass is 35.5. The molecule has 0 aromatic heterocycles. The third-order valence-electron chi connectivity index (χ3n) is 1.38. The molecule has 0 unspecified atom stereocenters. The maximum Gasteiger partial charge on any atom is 0.270 e. The molecule has 0 aliphatic heterocycles. The van der Waals surface area contributed by atoms with Crippen LogP contribution in [0.15, 0.2) is 29.4 Å². The summed E-state index contributed by atoms with van der Waals surface area (Å²) >= 11 is 5.44. The van der Waals surface area contributed by atoms with Crippen LogP contribution in [0, 0.1) is 10.1 Å². The Labute approximate surface area is 92.1 Å². The van der Waals surface area contributed by atoms with E-state index in [1.54, 1.807) is 0 Å². The van der Waals surface area contributed by atoms with Gasteiger partial charge in [-0.3, -0.25) is 10.1 Å². The van der Waals surface area contributed by atoms with E-state index in [2.05, 4.69) is 5.16 Å².